The number of carboxylic acid groups (broad SMARTS) is 1. The monoisotopic (exact) mass is 486 g/mol. The van der Waals surface area contributed by atoms with Crippen LogP contribution < -0.4 is 0 Å². The van der Waals surface area contributed by atoms with Crippen LogP contribution in [0.4, 0.5) is 0 Å². The van der Waals surface area contributed by atoms with E-state index in [1.54, 1.807) is 0 Å². The molecule has 0 saturated carbocycles. The van der Waals surface area contributed by atoms with E-state index in [0.717, 1.165) is 24.8 Å². The Kier molecular flexibility index (Phi) is 12.6. The van der Waals surface area contributed by atoms with Crippen LogP contribution in [-0.2, 0) is 14.3 Å². The Morgan fingerprint density at radius 1 is 1.03 bits per heavy atom. The molecule has 0 aromatic heterocycles. The van der Waals surface area contributed by atoms with Crippen LogP contribution in [0.1, 0.15) is 66.7 Å². The highest BCUT2D eigenvalue weighted by atomic mass is 16.7. The van der Waals surface area contributed by atoms with Gasteiger partial charge >= 0.3 is 5.97 Å². The van der Waals surface area contributed by atoms with E-state index in [1.807, 2.05) is 33.8 Å². The number of rotatable bonds is 13. The Balaban J connectivity index is 2.48. The highest BCUT2D eigenvalue weighted by Gasteiger charge is 2.45. The first-order chi connectivity index (χ1) is 15.8. The molecule has 9 heteroatoms. The topological polar surface area (TPSA) is 157 Å². The van der Waals surface area contributed by atoms with Crippen molar-refractivity contribution in [3.05, 3.63) is 34.9 Å². The summed E-state index contributed by atoms with van der Waals surface area (Å²) in [6.45, 7) is 8.58. The van der Waals surface area contributed by atoms with Crippen molar-refractivity contribution in [2.24, 2.45) is 0 Å². The zero-order valence-corrected chi connectivity index (χ0v) is 20.8. The van der Waals surface area contributed by atoms with Crippen LogP contribution in [0.3, 0.4) is 0 Å². The predicted molar refractivity (Wildman–Crippen MR) is 127 cm³/mol. The first-order valence-corrected chi connectivity index (χ1v) is 11.7. The molecule has 1 fully saturated rings. The van der Waals surface area contributed by atoms with Gasteiger partial charge < -0.3 is 40.1 Å². The van der Waals surface area contributed by atoms with Gasteiger partial charge in [-0.1, -0.05) is 23.3 Å². The molecule has 0 aromatic rings. The number of aliphatic carboxylic acids is 1. The molecule has 34 heavy (non-hydrogen) atoms. The molecule has 1 aliphatic heterocycles. The molecular weight excluding hydrogens is 444 g/mol. The Morgan fingerprint density at radius 3 is 2.24 bits per heavy atom. The zero-order chi connectivity index (χ0) is 26.1. The summed E-state index contributed by atoms with van der Waals surface area (Å²) in [6.07, 6.45) is 1.56. The van der Waals surface area contributed by atoms with E-state index in [1.165, 1.54) is 18.6 Å². The highest BCUT2D eigenvalue weighted by molar-refractivity contribution is 5.85. The van der Waals surface area contributed by atoms with Gasteiger partial charge in [-0.15, -0.1) is 0 Å². The van der Waals surface area contributed by atoms with Gasteiger partial charge in [0.2, 0.25) is 0 Å². The van der Waals surface area contributed by atoms with Crippen molar-refractivity contribution in [1.29, 1.82) is 0 Å². The van der Waals surface area contributed by atoms with E-state index in [0.29, 0.717) is 12.8 Å². The fourth-order valence-electron chi connectivity index (χ4n) is 3.68. The molecule has 0 bridgehead atoms. The second-order valence-corrected chi connectivity index (χ2v) is 9.68. The van der Waals surface area contributed by atoms with Crippen LogP contribution in [-0.4, -0.2) is 85.6 Å². The summed E-state index contributed by atoms with van der Waals surface area (Å²) in [7, 11) is 0. The van der Waals surface area contributed by atoms with Gasteiger partial charge in [-0.25, -0.2) is 4.79 Å². The summed E-state index contributed by atoms with van der Waals surface area (Å²) in [5.74, 6) is -1.04. The summed E-state index contributed by atoms with van der Waals surface area (Å²) in [6, 6.07) is 0. The second-order valence-electron chi connectivity index (χ2n) is 9.68. The third-order valence-electron chi connectivity index (χ3n) is 5.87. The smallest absolute Gasteiger partial charge is 0.331 e. The molecule has 0 spiro atoms. The molecule has 1 aliphatic rings. The maximum Gasteiger partial charge on any atom is 0.331 e. The molecule has 1 heterocycles. The Labute approximate surface area is 202 Å². The van der Waals surface area contributed by atoms with Crippen molar-refractivity contribution >= 4 is 5.97 Å². The summed E-state index contributed by atoms with van der Waals surface area (Å²) < 4.78 is 11.3. The number of allylic oxidation sites excluding steroid dienone is 3. The van der Waals surface area contributed by atoms with E-state index in [-0.39, 0.29) is 5.57 Å². The third kappa shape index (κ3) is 10.4. The van der Waals surface area contributed by atoms with Gasteiger partial charge in [0.15, 0.2) is 6.29 Å². The van der Waals surface area contributed by atoms with E-state index >= 15 is 0 Å². The lowest BCUT2D eigenvalue weighted by atomic mass is 9.97. The van der Waals surface area contributed by atoms with Crippen LogP contribution in [0, 0.1) is 0 Å². The second kappa shape index (κ2) is 14.1. The van der Waals surface area contributed by atoms with Crippen molar-refractivity contribution in [1.82, 2.24) is 0 Å². The van der Waals surface area contributed by atoms with Crippen LogP contribution in [0.25, 0.3) is 0 Å². The summed E-state index contributed by atoms with van der Waals surface area (Å²) in [5, 5.41) is 58.1. The van der Waals surface area contributed by atoms with Gasteiger partial charge in [0.05, 0.1) is 18.3 Å². The largest absolute Gasteiger partial charge is 0.478 e. The maximum atomic E-state index is 10.8. The molecule has 0 radical (unpaired) electrons. The molecule has 1 rings (SSSR count). The van der Waals surface area contributed by atoms with Crippen LogP contribution >= 0.6 is 0 Å². The van der Waals surface area contributed by atoms with Crippen LogP contribution in [0.15, 0.2) is 34.9 Å². The number of aliphatic hydroxyl groups is 5. The molecule has 196 valence electrons. The number of hydrogen-bond donors (Lipinski definition) is 6. The van der Waals surface area contributed by atoms with Crippen LogP contribution in [0.2, 0.25) is 0 Å². The summed E-state index contributed by atoms with van der Waals surface area (Å²) >= 11 is 0. The van der Waals surface area contributed by atoms with E-state index in [9.17, 15) is 30.3 Å². The van der Waals surface area contributed by atoms with E-state index in [2.05, 4.69) is 6.08 Å². The maximum absolute atomic E-state index is 10.8. The molecule has 1 saturated heterocycles. The predicted octanol–water partition coefficient (Wildman–Crippen LogP) is 1.82. The third-order valence-corrected chi connectivity index (χ3v) is 5.87. The van der Waals surface area contributed by atoms with Gasteiger partial charge in [0.1, 0.15) is 24.4 Å². The normalized spacial score (nSPS) is 28.2. The number of ether oxygens (including phenoxy) is 2. The number of carboxylic acids is 1. The van der Waals surface area contributed by atoms with Crippen molar-refractivity contribution in [2.75, 3.05) is 6.61 Å². The van der Waals surface area contributed by atoms with E-state index in [4.69, 9.17) is 14.6 Å². The minimum atomic E-state index is -1.47. The van der Waals surface area contributed by atoms with Crippen molar-refractivity contribution in [2.45, 2.75) is 109 Å². The molecule has 0 aromatic carbocycles. The van der Waals surface area contributed by atoms with Crippen molar-refractivity contribution in [3.63, 3.8) is 0 Å². The fraction of sp³-hybridized carbons (Fsp3) is 0.720. The minimum absolute atomic E-state index is 0.123. The number of aliphatic hydroxyl groups excluding tert-OH is 5. The van der Waals surface area contributed by atoms with Crippen molar-refractivity contribution in [3.8, 4) is 0 Å². The molecule has 6 N–H and O–H groups in total. The minimum Gasteiger partial charge on any atom is -0.478 e. The van der Waals surface area contributed by atoms with Gasteiger partial charge in [-0.2, -0.15) is 0 Å². The summed E-state index contributed by atoms with van der Waals surface area (Å²) in [4.78, 5) is 10.8. The quantitative estimate of drug-likeness (QED) is 0.169. The lowest BCUT2D eigenvalue weighted by Crippen LogP contribution is -2.60. The Morgan fingerprint density at radius 2 is 1.65 bits per heavy atom. The van der Waals surface area contributed by atoms with Gasteiger partial charge in [-0.3, -0.25) is 0 Å². The molecular formula is C25H42O9. The fourth-order valence-corrected chi connectivity index (χ4v) is 3.68. The standard InChI is InChI=1S/C25H42O9/c1-15(8-6-9-16(2)12-18(27)13-17(3)23(31)32)10-7-11-25(4,5)34-24-22(30)21(29)20(28)19(14-26)33-24/h9-10,13,18-22,24,26-30H,6-8,11-12,14H2,1-5H3,(H,31,32)/b15-10+,16-9+,17-13+/t18?,19?,20-,21?,22?,24+/m1/s1. The SMILES string of the molecule is C/C(=C\CCC(C)(C)O[C@@H]1OC(CO)[C@@H](O)C(O)C1O)CC/C=C(\C)CC(O)/C=C(\C)C(=O)O. The van der Waals surface area contributed by atoms with Gasteiger partial charge in [0, 0.05) is 5.57 Å². The summed E-state index contributed by atoms with van der Waals surface area (Å²) in [5.41, 5.74) is 1.62. The van der Waals surface area contributed by atoms with Crippen molar-refractivity contribution < 1.29 is 44.9 Å². The number of carbonyl (C=O) groups is 1. The first-order valence-electron chi connectivity index (χ1n) is 11.7. The van der Waals surface area contributed by atoms with Gasteiger partial charge in [-0.05, 0) is 72.8 Å². The molecule has 0 aliphatic carbocycles. The molecule has 9 nitrogen and oxygen atoms in total. The Bertz CT molecular complexity index is 739. The highest BCUT2D eigenvalue weighted by Crippen LogP contribution is 2.28. The molecule has 0 amide bonds. The average Bonchev–Trinajstić information content (AvgIpc) is 2.73. The van der Waals surface area contributed by atoms with Gasteiger partial charge in [0.25, 0.3) is 0 Å². The number of hydrogen-bond acceptors (Lipinski definition) is 8. The zero-order valence-electron chi connectivity index (χ0n) is 20.8. The first kappa shape index (κ1) is 30.4. The average molecular weight is 487 g/mol. The Hall–Kier alpha value is -1.59. The van der Waals surface area contributed by atoms with E-state index < -0.39 is 55.0 Å². The lowest BCUT2D eigenvalue weighted by Gasteiger charge is -2.42. The lowest BCUT2D eigenvalue weighted by molar-refractivity contribution is -0.323. The van der Waals surface area contributed by atoms with Crippen LogP contribution in [0.5, 0.6) is 0 Å². The molecule has 6 atom stereocenters. The molecule has 4 unspecified atom stereocenters.